The van der Waals surface area contributed by atoms with Gasteiger partial charge in [-0.2, -0.15) is 0 Å². The number of aryl methyl sites for hydroxylation is 1. The number of hydrogen-bond acceptors (Lipinski definition) is 1. The van der Waals surface area contributed by atoms with Crippen LogP contribution in [-0.4, -0.2) is 0 Å². The molecule has 1 unspecified atom stereocenters. The Bertz CT molecular complexity index is 543. The van der Waals surface area contributed by atoms with Gasteiger partial charge in [-0.15, -0.1) is 0 Å². The number of para-hydroxylation sites is 1. The van der Waals surface area contributed by atoms with Crippen molar-refractivity contribution in [3.8, 4) is 0 Å². The fourth-order valence-electron chi connectivity index (χ4n) is 2.22. The van der Waals surface area contributed by atoms with Crippen molar-refractivity contribution >= 4 is 28.9 Å². The van der Waals surface area contributed by atoms with Gasteiger partial charge < -0.3 is 5.32 Å². The van der Waals surface area contributed by atoms with Gasteiger partial charge in [0.2, 0.25) is 0 Å². The highest BCUT2D eigenvalue weighted by Crippen LogP contribution is 2.33. The van der Waals surface area contributed by atoms with Crippen LogP contribution >= 0.6 is 23.2 Å². The van der Waals surface area contributed by atoms with Crippen LogP contribution in [0.5, 0.6) is 0 Å². The first kappa shape index (κ1) is 15.2. The second-order valence-electron chi connectivity index (χ2n) is 4.80. The van der Waals surface area contributed by atoms with Gasteiger partial charge in [0.15, 0.2) is 0 Å². The molecule has 20 heavy (non-hydrogen) atoms. The number of anilines is 1. The highest BCUT2D eigenvalue weighted by atomic mass is 35.5. The minimum absolute atomic E-state index is 0.207. The van der Waals surface area contributed by atoms with Crippen LogP contribution < -0.4 is 5.32 Å². The van der Waals surface area contributed by atoms with Gasteiger partial charge in [-0.3, -0.25) is 0 Å². The summed E-state index contributed by atoms with van der Waals surface area (Å²) in [5.41, 5.74) is 3.40. The van der Waals surface area contributed by atoms with Crippen molar-refractivity contribution in [2.24, 2.45) is 0 Å². The Balaban J connectivity index is 2.24. The van der Waals surface area contributed by atoms with Crippen LogP contribution in [0.15, 0.2) is 42.5 Å². The Morgan fingerprint density at radius 3 is 2.05 bits per heavy atom. The van der Waals surface area contributed by atoms with Crippen molar-refractivity contribution in [2.45, 2.75) is 32.7 Å². The van der Waals surface area contributed by atoms with E-state index in [2.05, 4.69) is 43.4 Å². The van der Waals surface area contributed by atoms with Crippen LogP contribution in [0.2, 0.25) is 10.0 Å². The summed E-state index contributed by atoms with van der Waals surface area (Å²) in [4.78, 5) is 0. The van der Waals surface area contributed by atoms with E-state index in [-0.39, 0.29) is 6.04 Å². The molecule has 1 nitrogen and oxygen atoms in total. The van der Waals surface area contributed by atoms with E-state index in [4.69, 9.17) is 23.2 Å². The van der Waals surface area contributed by atoms with E-state index in [1.165, 1.54) is 11.1 Å². The summed E-state index contributed by atoms with van der Waals surface area (Å²) in [6.07, 6.45) is 2.02. The zero-order chi connectivity index (χ0) is 14.5. The third-order valence-electron chi connectivity index (χ3n) is 3.48. The average molecular weight is 308 g/mol. The molecule has 0 saturated carbocycles. The van der Waals surface area contributed by atoms with E-state index in [1.807, 2.05) is 18.2 Å². The van der Waals surface area contributed by atoms with E-state index in [1.54, 1.807) is 0 Å². The quantitative estimate of drug-likeness (QED) is 0.701. The molecule has 0 fully saturated rings. The first-order valence-electron chi connectivity index (χ1n) is 6.95. The van der Waals surface area contributed by atoms with Crippen LogP contribution in [0.25, 0.3) is 0 Å². The van der Waals surface area contributed by atoms with Gasteiger partial charge in [0, 0.05) is 0 Å². The first-order chi connectivity index (χ1) is 9.65. The lowest BCUT2D eigenvalue weighted by atomic mass is 10.0. The van der Waals surface area contributed by atoms with Crippen LogP contribution in [0.1, 0.15) is 37.4 Å². The van der Waals surface area contributed by atoms with Crippen molar-refractivity contribution in [1.29, 1.82) is 0 Å². The smallest absolute Gasteiger partial charge is 0.0723 e. The number of benzene rings is 2. The van der Waals surface area contributed by atoms with Gasteiger partial charge in [-0.05, 0) is 36.1 Å². The lowest BCUT2D eigenvalue weighted by molar-refractivity contribution is 0.749. The molecule has 0 amide bonds. The third-order valence-corrected chi connectivity index (χ3v) is 4.11. The Morgan fingerprint density at radius 1 is 0.950 bits per heavy atom. The maximum absolute atomic E-state index is 6.22. The topological polar surface area (TPSA) is 12.0 Å². The summed E-state index contributed by atoms with van der Waals surface area (Å²) < 4.78 is 0. The number of halogens is 2. The Hall–Kier alpha value is -1.18. The molecule has 106 valence electrons. The molecular weight excluding hydrogens is 289 g/mol. The van der Waals surface area contributed by atoms with Gasteiger partial charge >= 0.3 is 0 Å². The molecule has 0 bridgehead atoms. The summed E-state index contributed by atoms with van der Waals surface area (Å²) in [7, 11) is 0. The van der Waals surface area contributed by atoms with Crippen LogP contribution in [0, 0.1) is 0 Å². The fraction of sp³-hybridized carbons (Fsp3) is 0.294. The van der Waals surface area contributed by atoms with Crippen molar-refractivity contribution in [3.63, 3.8) is 0 Å². The van der Waals surface area contributed by atoms with E-state index < -0.39 is 0 Å². The van der Waals surface area contributed by atoms with Crippen LogP contribution in [-0.2, 0) is 6.42 Å². The second-order valence-corrected chi connectivity index (χ2v) is 5.61. The Labute approximate surface area is 130 Å². The molecule has 1 atom stereocenters. The molecule has 0 spiro atoms. The highest BCUT2D eigenvalue weighted by molar-refractivity contribution is 6.39. The summed E-state index contributed by atoms with van der Waals surface area (Å²) in [6.45, 7) is 4.31. The molecular formula is C17H19Cl2N. The zero-order valence-electron chi connectivity index (χ0n) is 11.8. The minimum Gasteiger partial charge on any atom is -0.376 e. The standard InChI is InChI=1S/C17H19Cl2N/c1-3-12-8-10-13(11-9-12)16(4-2)20-17-14(18)6-5-7-15(17)19/h5-11,16,20H,3-4H2,1-2H3. The molecule has 0 radical (unpaired) electrons. The van der Waals surface area contributed by atoms with Crippen LogP contribution in [0.3, 0.4) is 0 Å². The molecule has 2 aromatic carbocycles. The lowest BCUT2D eigenvalue weighted by Crippen LogP contribution is -2.10. The SMILES string of the molecule is CCc1ccc(C(CC)Nc2c(Cl)cccc2Cl)cc1. The Kier molecular flexibility index (Phi) is 5.33. The lowest BCUT2D eigenvalue weighted by Gasteiger charge is -2.20. The number of nitrogens with one attached hydrogen (secondary N) is 1. The molecule has 1 N–H and O–H groups in total. The largest absolute Gasteiger partial charge is 0.376 e. The maximum Gasteiger partial charge on any atom is 0.0723 e. The molecule has 0 aromatic heterocycles. The van der Waals surface area contributed by atoms with Gasteiger partial charge in [-0.25, -0.2) is 0 Å². The molecule has 2 aromatic rings. The van der Waals surface area contributed by atoms with Crippen molar-refractivity contribution in [2.75, 3.05) is 5.32 Å². The van der Waals surface area contributed by atoms with E-state index in [0.717, 1.165) is 18.5 Å². The second kappa shape index (κ2) is 7.01. The summed E-state index contributed by atoms with van der Waals surface area (Å²) in [5.74, 6) is 0. The van der Waals surface area contributed by atoms with E-state index >= 15 is 0 Å². The normalized spacial score (nSPS) is 12.2. The summed E-state index contributed by atoms with van der Waals surface area (Å²) in [5, 5.41) is 4.76. The van der Waals surface area contributed by atoms with E-state index in [0.29, 0.717) is 10.0 Å². The highest BCUT2D eigenvalue weighted by Gasteiger charge is 2.13. The van der Waals surface area contributed by atoms with Crippen molar-refractivity contribution in [3.05, 3.63) is 63.6 Å². The summed E-state index contributed by atoms with van der Waals surface area (Å²) in [6, 6.07) is 14.5. The molecule has 0 aliphatic carbocycles. The van der Waals surface area contributed by atoms with E-state index in [9.17, 15) is 0 Å². The van der Waals surface area contributed by atoms with Gasteiger partial charge in [0.05, 0.1) is 21.8 Å². The number of rotatable bonds is 5. The maximum atomic E-state index is 6.22. The molecule has 0 aliphatic heterocycles. The minimum atomic E-state index is 0.207. The zero-order valence-corrected chi connectivity index (χ0v) is 13.3. The Morgan fingerprint density at radius 2 is 1.55 bits per heavy atom. The molecule has 0 saturated heterocycles. The van der Waals surface area contributed by atoms with Crippen LogP contribution in [0.4, 0.5) is 5.69 Å². The first-order valence-corrected chi connectivity index (χ1v) is 7.70. The average Bonchev–Trinajstić information content (AvgIpc) is 2.47. The van der Waals surface area contributed by atoms with Crippen molar-refractivity contribution < 1.29 is 0 Å². The van der Waals surface area contributed by atoms with Gasteiger partial charge in [0.1, 0.15) is 0 Å². The molecule has 0 aliphatic rings. The molecule has 2 rings (SSSR count). The van der Waals surface area contributed by atoms with Gasteiger partial charge in [-0.1, -0.05) is 67.4 Å². The molecule has 0 heterocycles. The predicted octanol–water partition coefficient (Wildman–Crippen LogP) is 6.12. The van der Waals surface area contributed by atoms with Gasteiger partial charge in [0.25, 0.3) is 0 Å². The fourth-order valence-corrected chi connectivity index (χ4v) is 2.72. The summed E-state index contributed by atoms with van der Waals surface area (Å²) >= 11 is 12.4. The third kappa shape index (κ3) is 3.47. The monoisotopic (exact) mass is 307 g/mol. The number of hydrogen-bond donors (Lipinski definition) is 1. The predicted molar refractivity (Wildman–Crippen MR) is 88.9 cm³/mol. The van der Waals surface area contributed by atoms with Crippen molar-refractivity contribution in [1.82, 2.24) is 0 Å². The molecule has 3 heteroatoms.